The van der Waals surface area contributed by atoms with Gasteiger partial charge in [-0.1, -0.05) is 0 Å². The van der Waals surface area contributed by atoms with Gasteiger partial charge >= 0.3 is 0 Å². The van der Waals surface area contributed by atoms with E-state index in [2.05, 4.69) is 26.5 Å². The Kier molecular flexibility index (Phi) is 4.81. The van der Waals surface area contributed by atoms with Crippen molar-refractivity contribution in [3.63, 3.8) is 0 Å². The summed E-state index contributed by atoms with van der Waals surface area (Å²) >= 11 is 0. The molecule has 0 aliphatic carbocycles. The molecule has 1 fully saturated rings. The van der Waals surface area contributed by atoms with E-state index in [4.69, 9.17) is 4.74 Å². The second-order valence-corrected chi connectivity index (χ2v) is 6.60. The maximum Gasteiger partial charge on any atom is 0.123 e. The fraction of sp³-hybridized carbons (Fsp3) is 0.368. The molecule has 6 nitrogen and oxygen atoms in total. The maximum atomic E-state index is 13.1. The van der Waals surface area contributed by atoms with Crippen LogP contribution in [0.2, 0.25) is 0 Å². The number of rotatable bonds is 5. The molecule has 1 atom stereocenters. The quantitative estimate of drug-likeness (QED) is 0.706. The number of nitrogens with zero attached hydrogens (tertiary/aromatic N) is 5. The van der Waals surface area contributed by atoms with Gasteiger partial charge in [0, 0.05) is 37.4 Å². The summed E-state index contributed by atoms with van der Waals surface area (Å²) in [6.07, 6.45) is 7.50. The molecule has 1 aliphatic rings. The summed E-state index contributed by atoms with van der Waals surface area (Å²) < 4.78 is 22.5. The Morgan fingerprint density at radius 2 is 1.92 bits per heavy atom. The molecule has 0 bridgehead atoms. The molecule has 1 aromatic carbocycles. The minimum atomic E-state index is -0.254. The highest BCUT2D eigenvalue weighted by atomic mass is 19.1. The molecule has 0 saturated carbocycles. The van der Waals surface area contributed by atoms with Crippen molar-refractivity contribution in [3.8, 4) is 16.9 Å². The van der Waals surface area contributed by atoms with Gasteiger partial charge in [0.25, 0.3) is 0 Å². The van der Waals surface area contributed by atoms with Crippen molar-refractivity contribution in [2.24, 2.45) is 0 Å². The molecule has 3 aromatic rings. The first-order chi connectivity index (χ1) is 12.7. The van der Waals surface area contributed by atoms with E-state index in [9.17, 15) is 4.39 Å². The predicted octanol–water partition coefficient (Wildman–Crippen LogP) is 2.77. The lowest BCUT2D eigenvalue weighted by Crippen LogP contribution is -2.39. The minimum absolute atomic E-state index is 0.254. The molecule has 2 aromatic heterocycles. The molecule has 7 heteroatoms. The summed E-state index contributed by atoms with van der Waals surface area (Å²) in [4.78, 5) is 6.76. The van der Waals surface area contributed by atoms with Crippen LogP contribution in [0.5, 0.6) is 0 Å². The standard InChI is InChI=1S/C19H22FN5O/c1-15(12-23-6-8-26-9-7-23)24-14-21-11-19(24)16-10-22-25(13-16)18-4-2-17(20)3-5-18/h2-5,10-11,13-15H,6-9,12H2,1H3. The van der Waals surface area contributed by atoms with Crippen LogP contribution in [-0.4, -0.2) is 57.1 Å². The summed E-state index contributed by atoms with van der Waals surface area (Å²) in [5.74, 6) is -0.254. The zero-order valence-electron chi connectivity index (χ0n) is 14.8. The third-order valence-electron chi connectivity index (χ3n) is 4.74. The van der Waals surface area contributed by atoms with E-state index in [1.165, 1.54) is 12.1 Å². The van der Waals surface area contributed by atoms with E-state index in [1.807, 2.05) is 24.9 Å². The van der Waals surface area contributed by atoms with Crippen LogP contribution in [-0.2, 0) is 4.74 Å². The van der Waals surface area contributed by atoms with Gasteiger partial charge in [0.1, 0.15) is 5.82 Å². The fourth-order valence-electron chi connectivity index (χ4n) is 3.31. The molecule has 1 saturated heterocycles. The van der Waals surface area contributed by atoms with Gasteiger partial charge in [-0.05, 0) is 31.2 Å². The molecule has 1 aliphatic heterocycles. The van der Waals surface area contributed by atoms with Gasteiger partial charge in [0.15, 0.2) is 0 Å². The van der Waals surface area contributed by atoms with E-state index < -0.39 is 0 Å². The second kappa shape index (κ2) is 7.39. The van der Waals surface area contributed by atoms with Crippen molar-refractivity contribution in [2.45, 2.75) is 13.0 Å². The summed E-state index contributed by atoms with van der Waals surface area (Å²) in [6, 6.07) is 6.59. The molecule has 1 unspecified atom stereocenters. The zero-order valence-corrected chi connectivity index (χ0v) is 14.8. The van der Waals surface area contributed by atoms with Crippen LogP contribution in [0.3, 0.4) is 0 Å². The predicted molar refractivity (Wildman–Crippen MR) is 96.7 cm³/mol. The van der Waals surface area contributed by atoms with Crippen LogP contribution in [0, 0.1) is 5.82 Å². The van der Waals surface area contributed by atoms with Crippen molar-refractivity contribution >= 4 is 0 Å². The lowest BCUT2D eigenvalue weighted by atomic mass is 10.2. The molecule has 0 N–H and O–H groups in total. The van der Waals surface area contributed by atoms with Gasteiger partial charge < -0.3 is 9.30 Å². The topological polar surface area (TPSA) is 48.1 Å². The monoisotopic (exact) mass is 355 g/mol. The van der Waals surface area contributed by atoms with Crippen LogP contribution >= 0.6 is 0 Å². The lowest BCUT2D eigenvalue weighted by Gasteiger charge is -2.30. The van der Waals surface area contributed by atoms with E-state index in [0.717, 1.165) is 49.8 Å². The number of imidazole rings is 1. The van der Waals surface area contributed by atoms with E-state index in [1.54, 1.807) is 16.8 Å². The average Bonchev–Trinajstić information content (AvgIpc) is 3.32. The normalized spacial score (nSPS) is 16.7. The van der Waals surface area contributed by atoms with Crippen molar-refractivity contribution in [1.29, 1.82) is 0 Å². The third kappa shape index (κ3) is 3.54. The zero-order chi connectivity index (χ0) is 17.9. The van der Waals surface area contributed by atoms with Crippen LogP contribution < -0.4 is 0 Å². The van der Waals surface area contributed by atoms with Gasteiger partial charge in [-0.15, -0.1) is 0 Å². The molecule has 136 valence electrons. The summed E-state index contributed by atoms with van der Waals surface area (Å²) in [7, 11) is 0. The van der Waals surface area contributed by atoms with Gasteiger partial charge in [-0.2, -0.15) is 5.10 Å². The molecule has 3 heterocycles. The van der Waals surface area contributed by atoms with Crippen LogP contribution in [0.15, 0.2) is 49.2 Å². The smallest absolute Gasteiger partial charge is 0.123 e. The van der Waals surface area contributed by atoms with Crippen molar-refractivity contribution < 1.29 is 9.13 Å². The molecule has 0 amide bonds. The Labute approximate surface area is 151 Å². The Hall–Kier alpha value is -2.51. The Morgan fingerprint density at radius 3 is 2.69 bits per heavy atom. The van der Waals surface area contributed by atoms with E-state index in [0.29, 0.717) is 6.04 Å². The number of ether oxygens (including phenoxy) is 1. The molecular formula is C19H22FN5O. The highest BCUT2D eigenvalue weighted by Gasteiger charge is 2.18. The molecule has 0 radical (unpaired) electrons. The van der Waals surface area contributed by atoms with Crippen LogP contribution in [0.1, 0.15) is 13.0 Å². The first-order valence-electron chi connectivity index (χ1n) is 8.83. The SMILES string of the molecule is CC(CN1CCOCC1)n1cncc1-c1cnn(-c2ccc(F)cc2)c1. The van der Waals surface area contributed by atoms with E-state index >= 15 is 0 Å². The molecule has 4 rings (SSSR count). The number of halogens is 1. The highest BCUT2D eigenvalue weighted by molar-refractivity contribution is 5.57. The molecule has 0 spiro atoms. The van der Waals surface area contributed by atoms with Gasteiger partial charge in [0.05, 0.1) is 43.3 Å². The number of hydrogen-bond donors (Lipinski definition) is 0. The number of aromatic nitrogens is 4. The van der Waals surface area contributed by atoms with Gasteiger partial charge in [0.2, 0.25) is 0 Å². The Balaban J connectivity index is 1.54. The third-order valence-corrected chi connectivity index (χ3v) is 4.74. The summed E-state index contributed by atoms with van der Waals surface area (Å²) in [5.41, 5.74) is 2.84. The fourth-order valence-corrected chi connectivity index (χ4v) is 3.31. The summed E-state index contributed by atoms with van der Waals surface area (Å²) in [5, 5.41) is 4.41. The van der Waals surface area contributed by atoms with Crippen LogP contribution in [0.4, 0.5) is 4.39 Å². The van der Waals surface area contributed by atoms with Crippen molar-refractivity contribution in [2.75, 3.05) is 32.8 Å². The molecule has 26 heavy (non-hydrogen) atoms. The van der Waals surface area contributed by atoms with Crippen molar-refractivity contribution in [1.82, 2.24) is 24.2 Å². The van der Waals surface area contributed by atoms with Gasteiger partial charge in [-0.3, -0.25) is 4.90 Å². The Morgan fingerprint density at radius 1 is 1.15 bits per heavy atom. The molecular weight excluding hydrogens is 333 g/mol. The first-order valence-corrected chi connectivity index (χ1v) is 8.83. The van der Waals surface area contributed by atoms with Crippen molar-refractivity contribution in [3.05, 3.63) is 55.0 Å². The second-order valence-electron chi connectivity index (χ2n) is 6.60. The number of hydrogen-bond acceptors (Lipinski definition) is 4. The average molecular weight is 355 g/mol. The maximum absolute atomic E-state index is 13.1. The summed E-state index contributed by atoms with van der Waals surface area (Å²) in [6.45, 7) is 6.69. The number of morpholine rings is 1. The van der Waals surface area contributed by atoms with Crippen LogP contribution in [0.25, 0.3) is 16.9 Å². The lowest BCUT2D eigenvalue weighted by molar-refractivity contribution is 0.0326. The minimum Gasteiger partial charge on any atom is -0.379 e. The van der Waals surface area contributed by atoms with E-state index in [-0.39, 0.29) is 5.82 Å². The Bertz CT molecular complexity index is 851. The number of benzene rings is 1. The largest absolute Gasteiger partial charge is 0.379 e. The highest BCUT2D eigenvalue weighted by Crippen LogP contribution is 2.24. The van der Waals surface area contributed by atoms with Gasteiger partial charge in [-0.25, -0.2) is 14.1 Å². The first kappa shape index (κ1) is 16.9.